The van der Waals surface area contributed by atoms with Crippen molar-refractivity contribution in [3.05, 3.63) is 58.3 Å². The number of phenols is 1. The molecular formula is C14H13BrFNO. The number of rotatable bonds is 3. The number of nitrogens with zero attached hydrogens (tertiary/aromatic N) is 1. The van der Waals surface area contributed by atoms with Gasteiger partial charge in [-0.1, -0.05) is 18.2 Å². The van der Waals surface area contributed by atoms with Crippen molar-refractivity contribution in [1.82, 2.24) is 0 Å². The van der Waals surface area contributed by atoms with E-state index in [9.17, 15) is 9.50 Å². The molecule has 2 nitrogen and oxygen atoms in total. The van der Waals surface area contributed by atoms with Gasteiger partial charge < -0.3 is 10.0 Å². The van der Waals surface area contributed by atoms with Gasteiger partial charge in [0.1, 0.15) is 11.6 Å². The van der Waals surface area contributed by atoms with Gasteiger partial charge in [-0.3, -0.25) is 0 Å². The highest BCUT2D eigenvalue weighted by molar-refractivity contribution is 9.10. The monoisotopic (exact) mass is 309 g/mol. The molecule has 4 heteroatoms. The molecule has 2 aromatic rings. The van der Waals surface area contributed by atoms with Crippen molar-refractivity contribution in [2.75, 3.05) is 11.9 Å². The third-order valence-corrected chi connectivity index (χ3v) is 3.33. The predicted octanol–water partition coefficient (Wildman–Crippen LogP) is 3.93. The zero-order valence-corrected chi connectivity index (χ0v) is 11.5. The molecule has 18 heavy (non-hydrogen) atoms. The standard InChI is InChI=1S/C14H13BrFNO/c1-17(13-5-3-2-4-12(13)16)9-10-6-7-14(18)11(15)8-10/h2-8,18H,9H2,1H3. The average molecular weight is 310 g/mol. The number of phenolic OH excluding ortho intramolecular Hbond substituents is 1. The molecule has 0 amide bonds. The van der Waals surface area contributed by atoms with E-state index in [1.807, 2.05) is 30.1 Å². The second-order valence-electron chi connectivity index (χ2n) is 4.09. The first-order chi connectivity index (χ1) is 8.58. The van der Waals surface area contributed by atoms with Gasteiger partial charge in [0.15, 0.2) is 0 Å². The second-order valence-corrected chi connectivity index (χ2v) is 4.95. The van der Waals surface area contributed by atoms with Crippen LogP contribution >= 0.6 is 15.9 Å². The van der Waals surface area contributed by atoms with Gasteiger partial charge in [0.05, 0.1) is 10.2 Å². The highest BCUT2D eigenvalue weighted by Gasteiger charge is 2.08. The topological polar surface area (TPSA) is 23.5 Å². The van der Waals surface area contributed by atoms with E-state index >= 15 is 0 Å². The number of halogens is 2. The van der Waals surface area contributed by atoms with Crippen molar-refractivity contribution < 1.29 is 9.50 Å². The summed E-state index contributed by atoms with van der Waals surface area (Å²) in [5.74, 6) is -0.0369. The number of aromatic hydroxyl groups is 1. The number of benzene rings is 2. The molecule has 0 aliphatic heterocycles. The van der Waals surface area contributed by atoms with Crippen molar-refractivity contribution in [3.63, 3.8) is 0 Å². The third-order valence-electron chi connectivity index (χ3n) is 2.70. The summed E-state index contributed by atoms with van der Waals surface area (Å²) in [7, 11) is 1.83. The molecule has 0 aliphatic rings. The Morgan fingerprint density at radius 3 is 2.61 bits per heavy atom. The first-order valence-electron chi connectivity index (χ1n) is 5.51. The van der Waals surface area contributed by atoms with Gasteiger partial charge in [-0.2, -0.15) is 0 Å². The van der Waals surface area contributed by atoms with Crippen LogP contribution in [0, 0.1) is 5.82 Å². The number of anilines is 1. The first-order valence-corrected chi connectivity index (χ1v) is 6.30. The summed E-state index contributed by atoms with van der Waals surface area (Å²) in [5.41, 5.74) is 1.55. The lowest BCUT2D eigenvalue weighted by molar-refractivity contribution is 0.471. The van der Waals surface area contributed by atoms with Crippen LogP contribution in [0.25, 0.3) is 0 Å². The average Bonchev–Trinajstić information content (AvgIpc) is 2.34. The largest absolute Gasteiger partial charge is 0.507 e. The van der Waals surface area contributed by atoms with Gasteiger partial charge in [0.2, 0.25) is 0 Å². The Morgan fingerprint density at radius 2 is 1.94 bits per heavy atom. The van der Waals surface area contributed by atoms with E-state index in [0.29, 0.717) is 16.7 Å². The maximum Gasteiger partial charge on any atom is 0.146 e. The van der Waals surface area contributed by atoms with Crippen molar-refractivity contribution in [2.24, 2.45) is 0 Å². The van der Waals surface area contributed by atoms with Crippen LogP contribution in [0.4, 0.5) is 10.1 Å². The van der Waals surface area contributed by atoms with Gasteiger partial charge in [0.25, 0.3) is 0 Å². The fraction of sp³-hybridized carbons (Fsp3) is 0.143. The van der Waals surface area contributed by atoms with Gasteiger partial charge in [-0.15, -0.1) is 0 Å². The van der Waals surface area contributed by atoms with Crippen LogP contribution in [0.15, 0.2) is 46.9 Å². The lowest BCUT2D eigenvalue weighted by atomic mass is 10.2. The molecule has 0 saturated carbocycles. The van der Waals surface area contributed by atoms with Crippen molar-refractivity contribution in [2.45, 2.75) is 6.54 Å². The Balaban J connectivity index is 2.19. The molecule has 2 aromatic carbocycles. The maximum atomic E-state index is 13.6. The van der Waals surface area contributed by atoms with Crippen molar-refractivity contribution >= 4 is 21.6 Å². The van der Waals surface area contributed by atoms with Gasteiger partial charge in [0, 0.05) is 13.6 Å². The smallest absolute Gasteiger partial charge is 0.146 e. The molecular weight excluding hydrogens is 297 g/mol. The predicted molar refractivity (Wildman–Crippen MR) is 74.3 cm³/mol. The third kappa shape index (κ3) is 2.82. The summed E-state index contributed by atoms with van der Waals surface area (Å²) in [4.78, 5) is 1.83. The molecule has 0 heterocycles. The molecule has 0 atom stereocenters. The summed E-state index contributed by atoms with van der Waals surface area (Å²) < 4.78 is 14.2. The Labute approximate surface area is 114 Å². The minimum Gasteiger partial charge on any atom is -0.507 e. The summed E-state index contributed by atoms with van der Waals surface area (Å²) >= 11 is 3.26. The number of hydrogen-bond donors (Lipinski definition) is 1. The summed E-state index contributed by atoms with van der Waals surface area (Å²) in [6.07, 6.45) is 0. The zero-order valence-electron chi connectivity index (χ0n) is 9.90. The van der Waals surface area contributed by atoms with Crippen LogP contribution in [-0.2, 0) is 6.54 Å². The molecule has 0 fully saturated rings. The van der Waals surface area contributed by atoms with Crippen LogP contribution in [0.2, 0.25) is 0 Å². The molecule has 0 unspecified atom stereocenters. The summed E-state index contributed by atoms with van der Waals surface area (Å²) in [6.45, 7) is 0.569. The zero-order chi connectivity index (χ0) is 13.1. The Kier molecular flexibility index (Phi) is 3.87. The first kappa shape index (κ1) is 12.9. The minimum atomic E-state index is -0.238. The molecule has 0 saturated heterocycles. The van der Waals surface area contributed by atoms with Crippen molar-refractivity contribution in [1.29, 1.82) is 0 Å². The molecule has 0 aromatic heterocycles. The Bertz CT molecular complexity index is 559. The molecule has 1 N–H and O–H groups in total. The molecule has 0 aliphatic carbocycles. The van der Waals surface area contributed by atoms with E-state index in [2.05, 4.69) is 15.9 Å². The fourth-order valence-corrected chi connectivity index (χ4v) is 2.20. The van der Waals surface area contributed by atoms with E-state index in [0.717, 1.165) is 5.56 Å². The van der Waals surface area contributed by atoms with Gasteiger partial charge in [-0.05, 0) is 45.8 Å². The van der Waals surface area contributed by atoms with Crippen LogP contribution in [0.5, 0.6) is 5.75 Å². The van der Waals surface area contributed by atoms with E-state index in [4.69, 9.17) is 0 Å². The quantitative estimate of drug-likeness (QED) is 0.928. The molecule has 0 bridgehead atoms. The number of para-hydroxylation sites is 1. The Morgan fingerprint density at radius 1 is 1.22 bits per heavy atom. The lowest BCUT2D eigenvalue weighted by Gasteiger charge is -2.20. The van der Waals surface area contributed by atoms with E-state index in [-0.39, 0.29) is 11.6 Å². The Hall–Kier alpha value is -1.55. The van der Waals surface area contributed by atoms with E-state index in [1.54, 1.807) is 18.2 Å². The van der Waals surface area contributed by atoms with Crippen LogP contribution in [-0.4, -0.2) is 12.2 Å². The van der Waals surface area contributed by atoms with Crippen molar-refractivity contribution in [3.8, 4) is 5.75 Å². The van der Waals surface area contributed by atoms with Gasteiger partial charge in [-0.25, -0.2) is 4.39 Å². The SMILES string of the molecule is CN(Cc1ccc(O)c(Br)c1)c1ccccc1F. The molecule has 0 spiro atoms. The molecule has 2 rings (SSSR count). The maximum absolute atomic E-state index is 13.6. The number of hydrogen-bond acceptors (Lipinski definition) is 2. The highest BCUT2D eigenvalue weighted by atomic mass is 79.9. The minimum absolute atomic E-state index is 0.201. The molecule has 94 valence electrons. The van der Waals surface area contributed by atoms with Crippen LogP contribution < -0.4 is 4.90 Å². The fourth-order valence-electron chi connectivity index (χ4n) is 1.77. The van der Waals surface area contributed by atoms with Gasteiger partial charge >= 0.3 is 0 Å². The highest BCUT2D eigenvalue weighted by Crippen LogP contribution is 2.26. The van der Waals surface area contributed by atoms with E-state index in [1.165, 1.54) is 6.07 Å². The van der Waals surface area contributed by atoms with E-state index < -0.39 is 0 Å². The van der Waals surface area contributed by atoms with Crippen LogP contribution in [0.3, 0.4) is 0 Å². The summed E-state index contributed by atoms with van der Waals surface area (Å²) in [6, 6.07) is 11.9. The summed E-state index contributed by atoms with van der Waals surface area (Å²) in [5, 5.41) is 9.42. The lowest BCUT2D eigenvalue weighted by Crippen LogP contribution is -2.17. The van der Waals surface area contributed by atoms with Crippen LogP contribution in [0.1, 0.15) is 5.56 Å². The molecule has 0 radical (unpaired) electrons. The normalized spacial score (nSPS) is 10.4. The second kappa shape index (κ2) is 5.40.